The quantitative estimate of drug-likeness (QED) is 0.510. The Morgan fingerprint density at radius 1 is 1.13 bits per heavy atom. The maximum Gasteiger partial charge on any atom is 0.157 e. The Labute approximate surface area is 225 Å². The Balaban J connectivity index is 1.23. The molecule has 6 nitrogen and oxygen atoms in total. The molecule has 7 heteroatoms. The van der Waals surface area contributed by atoms with Crippen LogP contribution in [0, 0.1) is 53.2 Å². The molecule has 0 saturated heterocycles. The van der Waals surface area contributed by atoms with Gasteiger partial charge < -0.3 is 9.84 Å². The van der Waals surface area contributed by atoms with Crippen LogP contribution in [-0.2, 0) is 16.1 Å². The number of halogens is 1. The van der Waals surface area contributed by atoms with E-state index in [0.29, 0.717) is 34.8 Å². The Morgan fingerprint density at radius 3 is 2.74 bits per heavy atom. The summed E-state index contributed by atoms with van der Waals surface area (Å²) in [5, 5.41) is 19.1. The molecule has 0 unspecified atom stereocenters. The highest BCUT2D eigenvalue weighted by Crippen LogP contribution is 2.68. The smallest absolute Gasteiger partial charge is 0.157 e. The summed E-state index contributed by atoms with van der Waals surface area (Å²) in [5.74, 6) is 2.17. The molecule has 38 heavy (non-hydrogen) atoms. The molecule has 4 saturated carbocycles. The Bertz CT molecular complexity index is 1230. The van der Waals surface area contributed by atoms with Gasteiger partial charge in [0.25, 0.3) is 0 Å². The molecule has 8 atom stereocenters. The van der Waals surface area contributed by atoms with E-state index in [1.807, 2.05) is 13.0 Å². The maximum atomic E-state index is 14.5. The van der Waals surface area contributed by atoms with E-state index >= 15 is 0 Å². The van der Waals surface area contributed by atoms with Crippen molar-refractivity contribution in [1.29, 1.82) is 0 Å². The third-order valence-electron chi connectivity index (χ3n) is 11.7. The molecule has 1 aromatic carbocycles. The van der Waals surface area contributed by atoms with Gasteiger partial charge in [-0.3, -0.25) is 4.79 Å². The van der Waals surface area contributed by atoms with Gasteiger partial charge in [-0.15, -0.1) is 5.10 Å². The molecular formula is C31H44FN3O3. The fraction of sp³-hybridized carbons (Fsp3) is 0.774. The first-order chi connectivity index (χ1) is 18.1. The predicted octanol–water partition coefficient (Wildman–Crippen LogP) is 5.87. The van der Waals surface area contributed by atoms with Crippen molar-refractivity contribution in [2.75, 3.05) is 13.2 Å². The molecule has 1 N–H and O–H groups in total. The van der Waals surface area contributed by atoms with Crippen molar-refractivity contribution in [2.45, 2.75) is 97.6 Å². The summed E-state index contributed by atoms with van der Waals surface area (Å²) in [6, 6.07) is 3.55. The monoisotopic (exact) mass is 525 g/mol. The normalized spacial score (nSPS) is 40.5. The number of ether oxygens (including phenoxy) is 1. The summed E-state index contributed by atoms with van der Waals surface area (Å²) in [4.78, 5) is 13.8. The first-order valence-electron chi connectivity index (χ1n) is 14.9. The van der Waals surface area contributed by atoms with Crippen LogP contribution in [0.3, 0.4) is 0 Å². The van der Waals surface area contributed by atoms with Crippen molar-refractivity contribution >= 4 is 16.8 Å². The first kappa shape index (κ1) is 26.4. The molecule has 0 spiro atoms. The van der Waals surface area contributed by atoms with Crippen LogP contribution in [0.5, 0.6) is 0 Å². The number of nitrogens with zero attached hydrogens (tertiary/aromatic N) is 3. The summed E-state index contributed by atoms with van der Waals surface area (Å²) in [6.45, 7) is 9.90. The van der Waals surface area contributed by atoms with Crippen molar-refractivity contribution in [3.05, 3.63) is 23.5 Å². The second-order valence-electron chi connectivity index (χ2n) is 13.7. The molecule has 208 valence electrons. The van der Waals surface area contributed by atoms with E-state index in [9.17, 15) is 14.3 Å². The minimum absolute atomic E-state index is 0.00370. The third-order valence-corrected chi connectivity index (χ3v) is 11.7. The highest BCUT2D eigenvalue weighted by Gasteiger charge is 2.63. The van der Waals surface area contributed by atoms with Crippen molar-refractivity contribution < 1.29 is 19.0 Å². The number of aromatic nitrogens is 3. The van der Waals surface area contributed by atoms with E-state index < -0.39 is 5.60 Å². The van der Waals surface area contributed by atoms with Crippen molar-refractivity contribution in [3.8, 4) is 0 Å². The summed E-state index contributed by atoms with van der Waals surface area (Å²) < 4.78 is 22.3. The lowest BCUT2D eigenvalue weighted by molar-refractivity contribution is -0.178. The van der Waals surface area contributed by atoms with Crippen LogP contribution in [0.1, 0.15) is 84.1 Å². The van der Waals surface area contributed by atoms with Gasteiger partial charge in [0.2, 0.25) is 0 Å². The number of aliphatic hydroxyl groups is 1. The molecule has 6 rings (SSSR count). The number of aryl methyl sites for hydroxylation is 1. The zero-order valence-electron chi connectivity index (χ0n) is 23.5. The Morgan fingerprint density at radius 2 is 1.95 bits per heavy atom. The number of benzene rings is 1. The predicted molar refractivity (Wildman–Crippen MR) is 144 cm³/mol. The standard InChI is InChI=1S/C31H44FN3O3/c1-5-38-18-31-15-14-29(3,37)16-20(31)7-8-21-22-9-10-24(30(22,4)13-12-23(21)31)26(36)17-35-25-11-6-19(2)27(32)28(25)33-34-35/h6,11,20-24,37H,5,7-10,12-18H2,1-4H3/t20-,21+,22+,23+,24-,29-,30+,31-/m1/s1. The van der Waals surface area contributed by atoms with Gasteiger partial charge >= 0.3 is 0 Å². The first-order valence-corrected chi connectivity index (χ1v) is 14.9. The number of hydrogen-bond donors (Lipinski definition) is 1. The number of carbonyl (C=O) groups excluding carboxylic acids is 1. The number of rotatable bonds is 6. The summed E-state index contributed by atoms with van der Waals surface area (Å²) in [5.41, 5.74) is 0.972. The number of hydrogen-bond acceptors (Lipinski definition) is 5. The summed E-state index contributed by atoms with van der Waals surface area (Å²) in [7, 11) is 0. The Hall–Kier alpha value is -1.86. The van der Waals surface area contributed by atoms with Crippen LogP contribution in [0.2, 0.25) is 0 Å². The van der Waals surface area contributed by atoms with E-state index in [-0.39, 0.29) is 40.4 Å². The van der Waals surface area contributed by atoms with Gasteiger partial charge in [0, 0.05) is 12.5 Å². The molecule has 4 aliphatic rings. The van der Waals surface area contributed by atoms with Crippen molar-refractivity contribution in [3.63, 3.8) is 0 Å². The highest BCUT2D eigenvalue weighted by atomic mass is 19.1. The number of ketones is 1. The molecule has 4 aliphatic carbocycles. The fourth-order valence-corrected chi connectivity index (χ4v) is 9.82. The molecular weight excluding hydrogens is 481 g/mol. The van der Waals surface area contributed by atoms with Gasteiger partial charge in [0.05, 0.1) is 17.7 Å². The van der Waals surface area contributed by atoms with E-state index in [4.69, 9.17) is 4.74 Å². The molecule has 0 bridgehead atoms. The third kappa shape index (κ3) is 3.97. The zero-order valence-corrected chi connectivity index (χ0v) is 23.5. The van der Waals surface area contributed by atoms with Gasteiger partial charge in [-0.05, 0) is 125 Å². The molecule has 0 radical (unpaired) electrons. The Kier molecular flexibility index (Phi) is 6.50. The largest absolute Gasteiger partial charge is 0.390 e. The fourth-order valence-electron chi connectivity index (χ4n) is 9.82. The molecule has 0 aliphatic heterocycles. The van der Waals surface area contributed by atoms with E-state index in [1.165, 1.54) is 6.42 Å². The molecule has 1 aromatic heterocycles. The number of Topliss-reactive ketones (excluding diaryl/α,β-unsaturated/α-hetero) is 1. The second kappa shape index (κ2) is 9.36. The van der Waals surface area contributed by atoms with Crippen LogP contribution < -0.4 is 0 Å². The van der Waals surface area contributed by atoms with Gasteiger partial charge in [0.1, 0.15) is 12.1 Å². The molecule has 2 aromatic rings. The van der Waals surface area contributed by atoms with Crippen LogP contribution in [0.4, 0.5) is 4.39 Å². The number of fused-ring (bicyclic) bond motifs is 6. The lowest BCUT2D eigenvalue weighted by Crippen LogP contribution is -2.58. The highest BCUT2D eigenvalue weighted by molar-refractivity contribution is 5.84. The SMILES string of the molecule is CCOC[C@]12CC[C@@](C)(O)C[C@H]1CC[C@H]1[C@@H]3CC[C@H](C(=O)Cn4nnc5c(F)c(C)ccc54)[C@@]3(C)CC[C@@H]12. The van der Waals surface area contributed by atoms with Gasteiger partial charge in [0.15, 0.2) is 11.6 Å². The average molecular weight is 526 g/mol. The second-order valence-corrected chi connectivity index (χ2v) is 13.7. The van der Waals surface area contributed by atoms with Gasteiger partial charge in [-0.1, -0.05) is 18.2 Å². The van der Waals surface area contributed by atoms with Crippen LogP contribution >= 0.6 is 0 Å². The van der Waals surface area contributed by atoms with E-state index in [2.05, 4.69) is 24.2 Å². The summed E-state index contributed by atoms with van der Waals surface area (Å²) in [6.07, 6.45) is 9.40. The molecule has 4 fully saturated rings. The van der Waals surface area contributed by atoms with Crippen LogP contribution in [-0.4, -0.2) is 44.7 Å². The molecule has 0 amide bonds. The summed E-state index contributed by atoms with van der Waals surface area (Å²) >= 11 is 0. The van der Waals surface area contributed by atoms with E-state index in [1.54, 1.807) is 17.7 Å². The maximum absolute atomic E-state index is 14.5. The topological polar surface area (TPSA) is 77.2 Å². The van der Waals surface area contributed by atoms with Crippen molar-refractivity contribution in [1.82, 2.24) is 15.0 Å². The lowest BCUT2D eigenvalue weighted by Gasteiger charge is -2.62. The zero-order chi connectivity index (χ0) is 26.9. The van der Waals surface area contributed by atoms with Crippen LogP contribution in [0.15, 0.2) is 12.1 Å². The minimum atomic E-state index is -0.561. The molecule has 1 heterocycles. The lowest BCUT2D eigenvalue weighted by atomic mass is 9.43. The van der Waals surface area contributed by atoms with Gasteiger partial charge in [-0.25, -0.2) is 9.07 Å². The van der Waals surface area contributed by atoms with Crippen LogP contribution in [0.25, 0.3) is 11.0 Å². The minimum Gasteiger partial charge on any atom is -0.390 e. The number of carbonyl (C=O) groups is 1. The average Bonchev–Trinajstić information content (AvgIpc) is 3.45. The van der Waals surface area contributed by atoms with Crippen molar-refractivity contribution in [2.24, 2.45) is 40.4 Å². The van der Waals surface area contributed by atoms with E-state index in [0.717, 1.165) is 64.6 Å². The van der Waals surface area contributed by atoms with Gasteiger partial charge in [-0.2, -0.15) is 0 Å².